The van der Waals surface area contributed by atoms with Crippen molar-refractivity contribution in [3.05, 3.63) is 94.4 Å². The monoisotopic (exact) mass is 686 g/mol. The molecule has 0 aliphatic carbocycles. The summed E-state index contributed by atoms with van der Waals surface area (Å²) in [4.78, 5) is 17.6. The fourth-order valence-electron chi connectivity index (χ4n) is 2.92. The summed E-state index contributed by atoms with van der Waals surface area (Å²) < 4.78 is 8.15. The Bertz CT molecular complexity index is 1240. The first kappa shape index (κ1) is 23.6. The van der Waals surface area contributed by atoms with E-state index in [4.69, 9.17) is 16.3 Å². The largest absolute Gasteiger partial charge is 0.488 e. The number of thioether (sulfide) groups is 1. The van der Waals surface area contributed by atoms with E-state index in [1.165, 1.54) is 15.3 Å². The van der Waals surface area contributed by atoms with Gasteiger partial charge in [-0.3, -0.25) is 4.79 Å². The van der Waals surface area contributed by atoms with Gasteiger partial charge in [0, 0.05) is 8.59 Å². The van der Waals surface area contributed by atoms with Crippen LogP contribution in [-0.2, 0) is 11.4 Å². The first-order valence-corrected chi connectivity index (χ1v) is 13.0. The lowest BCUT2D eigenvalue weighted by Gasteiger charge is -2.09. The van der Waals surface area contributed by atoms with Crippen molar-refractivity contribution >= 4 is 91.4 Å². The Morgan fingerprint density at radius 1 is 1.12 bits per heavy atom. The van der Waals surface area contributed by atoms with Crippen LogP contribution in [0.1, 0.15) is 16.7 Å². The van der Waals surface area contributed by atoms with E-state index < -0.39 is 0 Å². The van der Waals surface area contributed by atoms with Gasteiger partial charge in [0.05, 0.1) is 14.2 Å². The molecule has 0 unspecified atom stereocenters. The summed E-state index contributed by atoms with van der Waals surface area (Å²) in [7, 11) is 0. The van der Waals surface area contributed by atoms with Gasteiger partial charge >= 0.3 is 0 Å². The van der Waals surface area contributed by atoms with Crippen LogP contribution in [0.4, 0.5) is 5.69 Å². The molecule has 0 saturated carbocycles. The Morgan fingerprint density at radius 2 is 1.91 bits per heavy atom. The number of halogens is 3. The number of benzene rings is 3. The number of carbonyl (C=O) groups is 1. The van der Waals surface area contributed by atoms with Gasteiger partial charge in [-0.1, -0.05) is 35.9 Å². The molecule has 0 aromatic heterocycles. The third-order valence-corrected chi connectivity index (χ3v) is 7.55. The van der Waals surface area contributed by atoms with Gasteiger partial charge in [0.2, 0.25) is 0 Å². The normalized spacial score (nSPS) is 15.9. The fourth-order valence-corrected chi connectivity index (χ4v) is 4.98. The van der Waals surface area contributed by atoms with E-state index in [0.717, 1.165) is 31.7 Å². The average molecular weight is 687 g/mol. The number of carbonyl (C=O) groups excluding carboxylic acids is 1. The van der Waals surface area contributed by atoms with Crippen molar-refractivity contribution in [2.45, 2.75) is 13.5 Å². The first-order chi connectivity index (χ1) is 15.4. The van der Waals surface area contributed by atoms with Crippen molar-refractivity contribution in [1.29, 1.82) is 0 Å². The molecule has 1 saturated heterocycles. The smallest absolute Gasteiger partial charge is 0.264 e. The zero-order chi connectivity index (χ0) is 22.7. The number of aliphatic imine (C=N–C) groups is 1. The van der Waals surface area contributed by atoms with Crippen LogP contribution in [0.25, 0.3) is 6.08 Å². The van der Waals surface area contributed by atoms with Crippen LogP contribution < -0.4 is 10.1 Å². The van der Waals surface area contributed by atoms with Crippen molar-refractivity contribution in [2.75, 3.05) is 0 Å². The number of amidine groups is 1. The molecule has 4 rings (SSSR count). The molecule has 4 nitrogen and oxygen atoms in total. The van der Waals surface area contributed by atoms with Gasteiger partial charge in [0.1, 0.15) is 12.4 Å². The maximum Gasteiger partial charge on any atom is 0.264 e. The summed E-state index contributed by atoms with van der Waals surface area (Å²) in [5.74, 6) is 0.649. The molecule has 3 aromatic rings. The second-order valence-electron chi connectivity index (χ2n) is 6.97. The van der Waals surface area contributed by atoms with Crippen LogP contribution in [0.15, 0.2) is 70.6 Å². The van der Waals surface area contributed by atoms with Gasteiger partial charge in [-0.25, -0.2) is 4.99 Å². The van der Waals surface area contributed by atoms with E-state index in [1.807, 2.05) is 49.4 Å². The molecular weight excluding hydrogens is 670 g/mol. The number of hydrogen-bond acceptors (Lipinski definition) is 4. The molecule has 0 atom stereocenters. The Balaban J connectivity index is 1.47. The molecule has 0 radical (unpaired) electrons. The van der Waals surface area contributed by atoms with Crippen LogP contribution in [-0.4, -0.2) is 11.1 Å². The maximum atomic E-state index is 12.4. The zero-order valence-electron chi connectivity index (χ0n) is 16.9. The minimum Gasteiger partial charge on any atom is -0.488 e. The molecular formula is C24H17ClI2N2O2S. The van der Waals surface area contributed by atoms with Crippen molar-refractivity contribution < 1.29 is 9.53 Å². The Hall–Kier alpha value is -1.56. The number of nitrogens with zero attached hydrogens (tertiary/aromatic N) is 1. The lowest BCUT2D eigenvalue weighted by atomic mass is 10.2. The highest BCUT2D eigenvalue weighted by atomic mass is 127. The second-order valence-corrected chi connectivity index (χ2v) is 10.8. The van der Waals surface area contributed by atoms with Crippen LogP contribution in [0, 0.1) is 14.1 Å². The summed E-state index contributed by atoms with van der Waals surface area (Å²) in [6, 6.07) is 19.7. The lowest BCUT2D eigenvalue weighted by molar-refractivity contribution is -0.115. The third kappa shape index (κ3) is 5.86. The SMILES string of the molecule is Cc1c(Cl)cccc1N=C1NC(=O)/C(=C\c2ccc(OCc3ccc(I)cc3)c(I)c2)S1. The van der Waals surface area contributed by atoms with Gasteiger partial charge in [-0.05, 0) is 123 Å². The molecule has 0 bridgehead atoms. The van der Waals surface area contributed by atoms with Crippen molar-refractivity contribution in [3.63, 3.8) is 0 Å². The molecule has 3 aromatic carbocycles. The second kappa shape index (κ2) is 10.6. The summed E-state index contributed by atoms with van der Waals surface area (Å²) in [6.07, 6.45) is 1.86. The predicted molar refractivity (Wildman–Crippen MR) is 150 cm³/mol. The number of hydrogen-bond donors (Lipinski definition) is 1. The minimum absolute atomic E-state index is 0.164. The van der Waals surface area contributed by atoms with E-state index in [1.54, 1.807) is 0 Å². The van der Waals surface area contributed by atoms with E-state index >= 15 is 0 Å². The van der Waals surface area contributed by atoms with Gasteiger partial charge < -0.3 is 10.1 Å². The summed E-state index contributed by atoms with van der Waals surface area (Å²) in [5, 5.41) is 4.01. The first-order valence-electron chi connectivity index (χ1n) is 9.60. The van der Waals surface area contributed by atoms with Gasteiger partial charge in [0.25, 0.3) is 5.91 Å². The molecule has 1 aliphatic heterocycles. The number of ether oxygens (including phenoxy) is 1. The van der Waals surface area contributed by atoms with Gasteiger partial charge in [0.15, 0.2) is 5.17 Å². The van der Waals surface area contributed by atoms with Crippen LogP contribution in [0.3, 0.4) is 0 Å². The van der Waals surface area contributed by atoms with Crippen LogP contribution >= 0.6 is 68.5 Å². The predicted octanol–water partition coefficient (Wildman–Crippen LogP) is 7.33. The number of nitrogens with one attached hydrogen (secondary N) is 1. The highest BCUT2D eigenvalue weighted by Gasteiger charge is 2.24. The van der Waals surface area contributed by atoms with Crippen LogP contribution in [0.2, 0.25) is 5.02 Å². The van der Waals surface area contributed by atoms with E-state index in [0.29, 0.717) is 21.7 Å². The molecule has 1 N–H and O–H groups in total. The van der Waals surface area contributed by atoms with Crippen LogP contribution in [0.5, 0.6) is 5.75 Å². The molecule has 1 fully saturated rings. The molecule has 8 heteroatoms. The van der Waals surface area contributed by atoms with Gasteiger partial charge in [-0.2, -0.15) is 0 Å². The molecule has 32 heavy (non-hydrogen) atoms. The van der Waals surface area contributed by atoms with E-state index in [2.05, 4.69) is 79.8 Å². The Kier molecular flexibility index (Phi) is 7.80. The molecule has 162 valence electrons. The molecule has 1 amide bonds. The minimum atomic E-state index is -0.164. The topological polar surface area (TPSA) is 50.7 Å². The van der Waals surface area contributed by atoms with Crippen molar-refractivity contribution in [3.8, 4) is 5.75 Å². The van der Waals surface area contributed by atoms with E-state index in [-0.39, 0.29) is 5.91 Å². The number of rotatable bonds is 5. The van der Waals surface area contributed by atoms with E-state index in [9.17, 15) is 4.79 Å². The van der Waals surface area contributed by atoms with Crippen molar-refractivity contribution in [1.82, 2.24) is 5.32 Å². The highest BCUT2D eigenvalue weighted by molar-refractivity contribution is 14.1. The zero-order valence-corrected chi connectivity index (χ0v) is 22.8. The average Bonchev–Trinajstić information content (AvgIpc) is 3.10. The standard InChI is InChI=1S/C24H17ClI2N2O2S/c1-14-18(25)3-2-4-20(14)28-24-29-23(30)22(32-24)12-16-7-10-21(19(27)11-16)31-13-15-5-8-17(26)9-6-15/h2-12H,13H2,1H3,(H,28,29,30)/b22-12+. The summed E-state index contributed by atoms with van der Waals surface area (Å²) >= 11 is 12.0. The number of amides is 1. The summed E-state index contributed by atoms with van der Waals surface area (Å²) in [6.45, 7) is 2.42. The summed E-state index contributed by atoms with van der Waals surface area (Å²) in [5.41, 5.74) is 3.66. The fraction of sp³-hybridized carbons (Fsp3) is 0.0833. The highest BCUT2D eigenvalue weighted by Crippen LogP contribution is 2.32. The lowest BCUT2D eigenvalue weighted by Crippen LogP contribution is -2.19. The third-order valence-electron chi connectivity index (χ3n) is 4.67. The maximum absolute atomic E-state index is 12.4. The van der Waals surface area contributed by atoms with Crippen molar-refractivity contribution in [2.24, 2.45) is 4.99 Å². The molecule has 0 spiro atoms. The Morgan fingerprint density at radius 3 is 2.66 bits per heavy atom. The molecule has 1 heterocycles. The molecule has 1 aliphatic rings. The van der Waals surface area contributed by atoms with Gasteiger partial charge in [-0.15, -0.1) is 0 Å². The quantitative estimate of drug-likeness (QED) is 0.226. The Labute approximate surface area is 223 Å².